The average Bonchev–Trinajstić information content (AvgIpc) is 2.93. The molecule has 31 heavy (non-hydrogen) atoms. The molecule has 0 bridgehead atoms. The fraction of sp³-hybridized carbons (Fsp3) is 0.304. The molecule has 0 aromatic heterocycles. The smallest absolute Gasteiger partial charge is 0.235 e. The Morgan fingerprint density at radius 3 is 2.45 bits per heavy atom. The van der Waals surface area contributed by atoms with Crippen molar-refractivity contribution in [2.24, 2.45) is 9.98 Å². The van der Waals surface area contributed by atoms with E-state index in [1.807, 2.05) is 61.5 Å². The summed E-state index contributed by atoms with van der Waals surface area (Å²) in [6.07, 6.45) is 0. The minimum Gasteiger partial charge on any atom is -0.378 e. The Balaban J connectivity index is 1.53. The quantitative estimate of drug-likeness (QED) is 0.711. The van der Waals surface area contributed by atoms with E-state index in [1.54, 1.807) is 0 Å². The number of hydrogen-bond donors (Lipinski definition) is 1. The van der Waals surface area contributed by atoms with Gasteiger partial charge in [-0.15, -0.1) is 0 Å². The Morgan fingerprint density at radius 2 is 1.74 bits per heavy atom. The van der Waals surface area contributed by atoms with Crippen LogP contribution in [-0.2, 0) is 9.53 Å². The van der Waals surface area contributed by atoms with Gasteiger partial charge in [0.15, 0.2) is 0 Å². The summed E-state index contributed by atoms with van der Waals surface area (Å²) in [7, 11) is 0. The van der Waals surface area contributed by atoms with Crippen molar-refractivity contribution >= 4 is 57.1 Å². The summed E-state index contributed by atoms with van der Waals surface area (Å²) in [5, 5.41) is 3.04. The second kappa shape index (κ2) is 10.2. The lowest BCUT2D eigenvalue weighted by Crippen LogP contribution is -2.40. The molecule has 1 saturated heterocycles. The molecule has 1 atom stereocenters. The van der Waals surface area contributed by atoms with Crippen molar-refractivity contribution in [2.45, 2.75) is 12.8 Å². The standard InChI is InChI=1S/C23H24N4O2S2/c1-16-21(17-7-3-2-4-8-17)22(25-19-10-6-5-9-18(19)24-16)26-20(28)15-31-23(30)27-11-13-29-14-12-27/h2-10,21H,11-15H2,1H3,(H,25,26,28)/t21-/m0/s1. The van der Waals surface area contributed by atoms with Crippen LogP contribution in [0.25, 0.3) is 0 Å². The second-order valence-electron chi connectivity index (χ2n) is 7.28. The van der Waals surface area contributed by atoms with Crippen LogP contribution >= 0.6 is 24.0 Å². The second-order valence-corrected chi connectivity index (χ2v) is 8.89. The minimum atomic E-state index is -0.228. The summed E-state index contributed by atoms with van der Waals surface area (Å²) < 4.78 is 6.09. The monoisotopic (exact) mass is 452 g/mol. The number of aliphatic imine (C=N–C) groups is 2. The number of para-hydroxylation sites is 2. The van der Waals surface area contributed by atoms with Crippen LogP contribution in [0.3, 0.4) is 0 Å². The van der Waals surface area contributed by atoms with Crippen LogP contribution in [-0.4, -0.2) is 58.7 Å². The van der Waals surface area contributed by atoms with Crippen LogP contribution in [0.4, 0.5) is 11.4 Å². The maximum absolute atomic E-state index is 12.9. The van der Waals surface area contributed by atoms with Crippen LogP contribution in [0.2, 0.25) is 0 Å². The maximum Gasteiger partial charge on any atom is 0.235 e. The molecule has 6 nitrogen and oxygen atoms in total. The molecule has 0 aliphatic carbocycles. The zero-order valence-electron chi connectivity index (χ0n) is 17.3. The van der Waals surface area contributed by atoms with E-state index in [0.29, 0.717) is 19.0 Å². The Hall–Kier alpha value is -2.55. The number of carbonyl (C=O) groups is 1. The molecule has 2 aliphatic heterocycles. The van der Waals surface area contributed by atoms with Gasteiger partial charge < -0.3 is 15.0 Å². The van der Waals surface area contributed by atoms with Gasteiger partial charge in [0.05, 0.1) is 36.3 Å². The van der Waals surface area contributed by atoms with Gasteiger partial charge in [0, 0.05) is 18.8 Å². The van der Waals surface area contributed by atoms with Gasteiger partial charge in [-0.2, -0.15) is 0 Å². The number of benzene rings is 2. The van der Waals surface area contributed by atoms with Crippen molar-refractivity contribution in [2.75, 3.05) is 32.1 Å². The molecule has 1 N–H and O–H groups in total. The third-order valence-corrected chi connectivity index (χ3v) is 6.63. The topological polar surface area (TPSA) is 66.3 Å². The molecule has 0 spiro atoms. The number of hydrogen-bond acceptors (Lipinski definition) is 6. The third kappa shape index (κ3) is 5.39. The lowest BCUT2D eigenvalue weighted by molar-refractivity contribution is -0.117. The number of carbonyl (C=O) groups excluding carboxylic acids is 1. The highest BCUT2D eigenvalue weighted by Crippen LogP contribution is 2.34. The van der Waals surface area contributed by atoms with Gasteiger partial charge in [-0.1, -0.05) is 66.4 Å². The molecule has 8 heteroatoms. The number of ether oxygens (including phenoxy) is 1. The minimum absolute atomic E-state index is 0.132. The highest BCUT2D eigenvalue weighted by molar-refractivity contribution is 8.23. The number of morpholine rings is 1. The van der Waals surface area contributed by atoms with Gasteiger partial charge in [-0.3, -0.25) is 9.79 Å². The molecule has 2 aromatic rings. The van der Waals surface area contributed by atoms with Crippen molar-refractivity contribution in [3.8, 4) is 0 Å². The average molecular weight is 453 g/mol. The number of amidine groups is 1. The van der Waals surface area contributed by atoms with Crippen LogP contribution in [0.15, 0.2) is 64.6 Å². The molecule has 0 unspecified atom stereocenters. The Morgan fingerprint density at radius 1 is 1.10 bits per heavy atom. The Kier molecular flexibility index (Phi) is 7.11. The maximum atomic E-state index is 12.9. The number of fused-ring (bicyclic) bond motifs is 1. The Bertz CT molecular complexity index is 1020. The van der Waals surface area contributed by atoms with Gasteiger partial charge in [0.25, 0.3) is 0 Å². The van der Waals surface area contributed by atoms with Gasteiger partial charge in [-0.25, -0.2) is 4.99 Å². The summed E-state index contributed by atoms with van der Waals surface area (Å²) in [4.78, 5) is 24.5. The highest BCUT2D eigenvalue weighted by Gasteiger charge is 2.26. The van der Waals surface area contributed by atoms with E-state index in [-0.39, 0.29) is 17.6 Å². The molecular weight excluding hydrogens is 428 g/mol. The molecule has 1 amide bonds. The zero-order valence-corrected chi connectivity index (χ0v) is 18.9. The number of nitrogens with zero attached hydrogens (tertiary/aromatic N) is 3. The molecule has 0 saturated carbocycles. The first-order valence-electron chi connectivity index (χ1n) is 10.2. The molecule has 2 aromatic carbocycles. The highest BCUT2D eigenvalue weighted by atomic mass is 32.2. The first-order valence-corrected chi connectivity index (χ1v) is 11.6. The molecule has 0 radical (unpaired) electrons. The predicted molar refractivity (Wildman–Crippen MR) is 131 cm³/mol. The molecular formula is C23H24N4O2S2. The van der Waals surface area contributed by atoms with E-state index in [9.17, 15) is 4.79 Å². The van der Waals surface area contributed by atoms with Crippen LogP contribution in [0.1, 0.15) is 18.4 Å². The van der Waals surface area contributed by atoms with Crippen LogP contribution < -0.4 is 5.32 Å². The summed E-state index contributed by atoms with van der Waals surface area (Å²) in [6, 6.07) is 17.7. The summed E-state index contributed by atoms with van der Waals surface area (Å²) >= 11 is 6.87. The molecule has 2 heterocycles. The Labute approximate surface area is 191 Å². The SMILES string of the molecule is CC1=Nc2ccccc2N=C(NC(=O)CSC(=S)N2CCOCC2)[C@@H]1c1ccccc1. The predicted octanol–water partition coefficient (Wildman–Crippen LogP) is 4.07. The number of thioether (sulfide) groups is 1. The molecule has 1 fully saturated rings. The van der Waals surface area contributed by atoms with Crippen molar-refractivity contribution in [3.63, 3.8) is 0 Å². The van der Waals surface area contributed by atoms with E-state index in [2.05, 4.69) is 10.2 Å². The van der Waals surface area contributed by atoms with Gasteiger partial charge in [-0.05, 0) is 24.6 Å². The lowest BCUT2D eigenvalue weighted by Gasteiger charge is -2.28. The number of thiocarbonyl (C=S) groups is 1. The molecule has 160 valence electrons. The summed E-state index contributed by atoms with van der Waals surface area (Å²) in [5.74, 6) is 0.454. The number of amides is 1. The fourth-order valence-electron chi connectivity index (χ4n) is 3.59. The summed E-state index contributed by atoms with van der Waals surface area (Å²) in [5.41, 5.74) is 3.46. The van der Waals surface area contributed by atoms with E-state index in [0.717, 1.165) is 40.1 Å². The van der Waals surface area contributed by atoms with Crippen molar-refractivity contribution < 1.29 is 9.53 Å². The zero-order chi connectivity index (χ0) is 21.6. The van der Waals surface area contributed by atoms with Crippen molar-refractivity contribution in [1.29, 1.82) is 0 Å². The van der Waals surface area contributed by atoms with E-state index in [4.69, 9.17) is 26.9 Å². The van der Waals surface area contributed by atoms with Crippen molar-refractivity contribution in [3.05, 3.63) is 60.2 Å². The van der Waals surface area contributed by atoms with E-state index < -0.39 is 0 Å². The molecule has 2 aliphatic rings. The first kappa shape index (κ1) is 21.7. The number of nitrogens with one attached hydrogen (secondary N) is 1. The van der Waals surface area contributed by atoms with Crippen LogP contribution in [0.5, 0.6) is 0 Å². The fourth-order valence-corrected chi connectivity index (χ4v) is 4.64. The third-order valence-electron chi connectivity index (χ3n) is 5.11. The lowest BCUT2D eigenvalue weighted by atomic mass is 9.93. The van der Waals surface area contributed by atoms with Gasteiger partial charge in [0.2, 0.25) is 5.91 Å². The van der Waals surface area contributed by atoms with E-state index >= 15 is 0 Å². The normalized spacial score (nSPS) is 18.4. The molecule has 4 rings (SSSR count). The van der Waals surface area contributed by atoms with Crippen molar-refractivity contribution in [1.82, 2.24) is 10.2 Å². The van der Waals surface area contributed by atoms with Crippen LogP contribution in [0, 0.1) is 0 Å². The van der Waals surface area contributed by atoms with E-state index in [1.165, 1.54) is 11.8 Å². The first-order chi connectivity index (χ1) is 15.1. The summed E-state index contributed by atoms with van der Waals surface area (Å²) in [6.45, 7) is 4.84. The van der Waals surface area contributed by atoms with Gasteiger partial charge in [0.1, 0.15) is 10.2 Å². The number of rotatable bonds is 3. The van der Waals surface area contributed by atoms with Gasteiger partial charge >= 0.3 is 0 Å². The largest absolute Gasteiger partial charge is 0.378 e.